The monoisotopic (exact) mass is 514 g/mol. The number of ether oxygens (including phenoxy) is 1. The number of rotatable bonds is 7. The number of likely N-dealkylation sites (tertiary alicyclic amines) is 1. The van der Waals surface area contributed by atoms with Gasteiger partial charge in [-0.3, -0.25) is 4.79 Å². The van der Waals surface area contributed by atoms with Crippen molar-refractivity contribution in [3.05, 3.63) is 69.4 Å². The molecule has 2 aliphatic rings. The molecule has 0 bridgehead atoms. The van der Waals surface area contributed by atoms with Gasteiger partial charge in [0.1, 0.15) is 17.0 Å². The van der Waals surface area contributed by atoms with Gasteiger partial charge in [-0.05, 0) is 68.0 Å². The number of aromatic carboxylic acids is 1. The van der Waals surface area contributed by atoms with Crippen molar-refractivity contribution in [1.29, 1.82) is 0 Å². The summed E-state index contributed by atoms with van der Waals surface area (Å²) in [7, 11) is 0. The summed E-state index contributed by atoms with van der Waals surface area (Å²) in [5.41, 5.74) is 1.62. The topological polar surface area (TPSA) is 92.9 Å². The molecule has 2 fully saturated rings. The number of carbonyl (C=O) groups excluding carboxylic acids is 1. The molecule has 35 heavy (non-hydrogen) atoms. The zero-order valence-electron chi connectivity index (χ0n) is 18.9. The fraction of sp³-hybridized carbons (Fsp3) is 0.346. The molecule has 9 heteroatoms. The summed E-state index contributed by atoms with van der Waals surface area (Å²) in [5, 5.41) is 14.1. The second-order valence-electron chi connectivity index (χ2n) is 9.02. The number of hydrogen-bond acceptors (Lipinski definition) is 5. The number of piperidine rings is 1. The fourth-order valence-corrected chi connectivity index (χ4v) is 4.97. The van der Waals surface area contributed by atoms with E-state index < -0.39 is 5.97 Å². The van der Waals surface area contributed by atoms with E-state index in [0.29, 0.717) is 64.0 Å². The summed E-state index contributed by atoms with van der Waals surface area (Å²) < 4.78 is 11.5. The van der Waals surface area contributed by atoms with E-state index >= 15 is 0 Å². The number of halogens is 2. The van der Waals surface area contributed by atoms with Gasteiger partial charge in [-0.1, -0.05) is 34.4 Å². The quantitative estimate of drug-likeness (QED) is 0.406. The highest BCUT2D eigenvalue weighted by Crippen LogP contribution is 2.46. The average molecular weight is 515 g/mol. The summed E-state index contributed by atoms with van der Waals surface area (Å²) in [4.78, 5) is 26.5. The minimum atomic E-state index is -0.966. The fourth-order valence-electron chi connectivity index (χ4n) is 4.40. The van der Waals surface area contributed by atoms with Crippen molar-refractivity contribution in [3.63, 3.8) is 0 Å². The maximum Gasteiger partial charge on any atom is 0.335 e. The van der Waals surface area contributed by atoms with Gasteiger partial charge in [0.05, 0.1) is 22.2 Å². The van der Waals surface area contributed by atoms with Crippen LogP contribution in [-0.2, 0) is 0 Å². The third-order valence-electron chi connectivity index (χ3n) is 6.57. The van der Waals surface area contributed by atoms with Gasteiger partial charge < -0.3 is 19.3 Å². The molecule has 182 valence electrons. The lowest BCUT2D eigenvalue weighted by Gasteiger charge is -2.32. The molecule has 1 amide bonds. The van der Waals surface area contributed by atoms with Gasteiger partial charge in [-0.15, -0.1) is 0 Å². The van der Waals surface area contributed by atoms with Gasteiger partial charge in [0, 0.05) is 24.6 Å². The molecule has 2 aromatic carbocycles. The lowest BCUT2D eigenvalue weighted by atomic mass is 9.96. The number of aromatic nitrogens is 1. The van der Waals surface area contributed by atoms with Crippen LogP contribution in [-0.4, -0.2) is 46.7 Å². The van der Waals surface area contributed by atoms with Crippen molar-refractivity contribution in [3.8, 4) is 17.0 Å². The normalized spacial score (nSPS) is 16.3. The highest BCUT2D eigenvalue weighted by atomic mass is 35.5. The number of hydrogen-bond donors (Lipinski definition) is 1. The van der Waals surface area contributed by atoms with E-state index in [2.05, 4.69) is 5.16 Å². The van der Waals surface area contributed by atoms with Gasteiger partial charge >= 0.3 is 5.97 Å². The second-order valence-corrected chi connectivity index (χ2v) is 9.83. The maximum atomic E-state index is 13.7. The van der Waals surface area contributed by atoms with Crippen LogP contribution < -0.4 is 4.74 Å². The molecular formula is C26H24Cl2N2O5. The van der Waals surface area contributed by atoms with Gasteiger partial charge in [-0.25, -0.2) is 4.79 Å². The van der Waals surface area contributed by atoms with E-state index in [1.54, 1.807) is 30.3 Å². The third kappa shape index (κ3) is 5.02. The molecule has 1 saturated heterocycles. The molecule has 1 saturated carbocycles. The molecule has 0 unspecified atom stereocenters. The van der Waals surface area contributed by atoms with Crippen LogP contribution in [0.3, 0.4) is 0 Å². The Kier molecular flexibility index (Phi) is 6.71. The first-order valence-corrected chi connectivity index (χ1v) is 12.4. The number of nitrogens with zero attached hydrogens (tertiary/aromatic N) is 2. The zero-order valence-corrected chi connectivity index (χ0v) is 20.4. The largest absolute Gasteiger partial charge is 0.493 e. The molecule has 1 aromatic heterocycles. The van der Waals surface area contributed by atoms with Crippen molar-refractivity contribution in [2.45, 2.75) is 31.6 Å². The lowest BCUT2D eigenvalue weighted by molar-refractivity contribution is 0.0656. The number of carboxylic acids is 1. The Morgan fingerprint density at radius 3 is 2.29 bits per heavy atom. The van der Waals surface area contributed by atoms with E-state index in [0.717, 1.165) is 25.7 Å². The Bertz CT molecular complexity index is 1220. The summed E-state index contributed by atoms with van der Waals surface area (Å²) >= 11 is 12.9. The Hall–Kier alpha value is -3.03. The van der Waals surface area contributed by atoms with Gasteiger partial charge in [0.2, 0.25) is 0 Å². The molecule has 0 atom stereocenters. The molecule has 5 rings (SSSR count). The molecule has 1 N–H and O–H groups in total. The number of carboxylic acid groups (broad SMARTS) is 1. The number of amides is 1. The smallest absolute Gasteiger partial charge is 0.335 e. The Morgan fingerprint density at radius 2 is 1.69 bits per heavy atom. The van der Waals surface area contributed by atoms with Crippen LogP contribution in [0, 0.1) is 5.92 Å². The van der Waals surface area contributed by atoms with E-state index in [-0.39, 0.29) is 17.4 Å². The summed E-state index contributed by atoms with van der Waals surface area (Å²) in [6, 6.07) is 11.6. The van der Waals surface area contributed by atoms with Crippen molar-refractivity contribution in [1.82, 2.24) is 10.1 Å². The average Bonchev–Trinajstić information content (AvgIpc) is 3.62. The predicted molar refractivity (Wildman–Crippen MR) is 131 cm³/mol. The van der Waals surface area contributed by atoms with Crippen molar-refractivity contribution in [2.24, 2.45) is 5.92 Å². The Labute approximate surface area is 212 Å². The van der Waals surface area contributed by atoms with Crippen LogP contribution in [0.15, 0.2) is 47.0 Å². The van der Waals surface area contributed by atoms with Crippen LogP contribution in [0.1, 0.15) is 58.1 Å². The third-order valence-corrected chi connectivity index (χ3v) is 7.20. The second kappa shape index (κ2) is 9.91. The van der Waals surface area contributed by atoms with Crippen LogP contribution in [0.4, 0.5) is 0 Å². The maximum absolute atomic E-state index is 13.7. The van der Waals surface area contributed by atoms with Crippen molar-refractivity contribution >= 4 is 35.1 Å². The van der Waals surface area contributed by atoms with Crippen LogP contribution >= 0.6 is 23.2 Å². The molecule has 7 nitrogen and oxygen atoms in total. The lowest BCUT2D eigenvalue weighted by Crippen LogP contribution is -2.40. The van der Waals surface area contributed by atoms with E-state index in [4.69, 9.17) is 37.6 Å². The first-order valence-electron chi connectivity index (χ1n) is 11.6. The Balaban J connectivity index is 1.26. The molecule has 0 spiro atoms. The van der Waals surface area contributed by atoms with Crippen molar-refractivity contribution < 1.29 is 24.0 Å². The SMILES string of the molecule is O=C(O)c1ccc(OCC2CCN(C(=O)c3c(-c4c(Cl)cccc4Cl)noc3C3CC3)CC2)cc1. The molecule has 0 radical (unpaired) electrons. The van der Waals surface area contributed by atoms with Crippen LogP contribution in [0.2, 0.25) is 10.0 Å². The summed E-state index contributed by atoms with van der Waals surface area (Å²) in [6.45, 7) is 1.70. The van der Waals surface area contributed by atoms with Crippen molar-refractivity contribution in [2.75, 3.05) is 19.7 Å². The van der Waals surface area contributed by atoms with Gasteiger partial charge in [-0.2, -0.15) is 0 Å². The Morgan fingerprint density at radius 1 is 1.03 bits per heavy atom. The van der Waals surface area contributed by atoms with E-state index in [1.807, 2.05) is 4.90 Å². The van der Waals surface area contributed by atoms with Crippen LogP contribution in [0.5, 0.6) is 5.75 Å². The molecule has 2 heterocycles. The molecule has 1 aliphatic heterocycles. The zero-order chi connectivity index (χ0) is 24.5. The van der Waals surface area contributed by atoms with Gasteiger partial charge in [0.15, 0.2) is 5.76 Å². The first kappa shape index (κ1) is 23.7. The number of benzene rings is 2. The predicted octanol–water partition coefficient (Wildman–Crippen LogP) is 6.16. The molecular weight excluding hydrogens is 491 g/mol. The van der Waals surface area contributed by atoms with Gasteiger partial charge in [0.25, 0.3) is 5.91 Å². The van der Waals surface area contributed by atoms with Crippen LogP contribution in [0.25, 0.3) is 11.3 Å². The minimum Gasteiger partial charge on any atom is -0.493 e. The summed E-state index contributed by atoms with van der Waals surface area (Å²) in [6.07, 6.45) is 3.53. The molecule has 3 aromatic rings. The highest BCUT2D eigenvalue weighted by Gasteiger charge is 2.38. The minimum absolute atomic E-state index is 0.109. The molecule has 1 aliphatic carbocycles. The highest BCUT2D eigenvalue weighted by molar-refractivity contribution is 6.39. The standard InChI is InChI=1S/C26H24Cl2N2O5/c27-19-2-1-3-20(28)21(19)23-22(24(35-29-23)16-4-5-16)25(31)30-12-10-15(11-13-30)14-34-18-8-6-17(7-9-18)26(32)33/h1-3,6-9,15-16H,4-5,10-14H2,(H,32,33). The van der Waals surface area contributed by atoms with E-state index in [9.17, 15) is 9.59 Å². The number of carbonyl (C=O) groups is 2. The first-order chi connectivity index (χ1) is 16.9. The summed E-state index contributed by atoms with van der Waals surface area (Å²) in [5.74, 6) is 0.675. The van der Waals surface area contributed by atoms with E-state index in [1.165, 1.54) is 12.1 Å².